The number of hydrogen-bond acceptors (Lipinski definition) is 2. The average Bonchev–Trinajstić information content (AvgIpc) is 2.58. The molecule has 2 aromatic heterocycles. The molecule has 0 unspecified atom stereocenters. The summed E-state index contributed by atoms with van der Waals surface area (Å²) < 4.78 is 3.69. The van der Waals surface area contributed by atoms with E-state index in [2.05, 4.69) is 10.3 Å². The zero-order chi connectivity index (χ0) is 8.39. The molecular weight excluding hydrogens is 279 g/mol. The summed E-state index contributed by atoms with van der Waals surface area (Å²) in [6.45, 7) is 0. The zero-order valence-electron chi connectivity index (χ0n) is 7.13. The Bertz CT molecular complexity index is 354. The van der Waals surface area contributed by atoms with Gasteiger partial charge in [-0.1, -0.05) is 5.21 Å². The maximum atomic E-state index is 3.87. The van der Waals surface area contributed by atoms with Crippen molar-refractivity contribution in [2.45, 2.75) is 0 Å². The molecule has 0 saturated carbocycles. The van der Waals surface area contributed by atoms with Gasteiger partial charge in [0.05, 0.1) is 18.1 Å². The maximum absolute atomic E-state index is 3.87. The highest BCUT2D eigenvalue weighted by Gasteiger charge is 1.97. The smallest absolute Gasteiger partial charge is 0.170 e. The summed E-state index contributed by atoms with van der Waals surface area (Å²) in [6.07, 6.45) is 7.41. The van der Waals surface area contributed by atoms with Crippen LogP contribution in [0.4, 0.5) is 0 Å². The normalized spacial score (nSPS) is 9.31. The van der Waals surface area contributed by atoms with E-state index in [4.69, 9.17) is 0 Å². The van der Waals surface area contributed by atoms with Gasteiger partial charge < -0.3 is 24.0 Å². The molecule has 0 spiro atoms. The van der Waals surface area contributed by atoms with Crippen molar-refractivity contribution in [2.75, 3.05) is 0 Å². The molecule has 2 aromatic rings. The molecule has 0 fully saturated rings. The van der Waals surface area contributed by atoms with Crippen LogP contribution in [0.1, 0.15) is 0 Å². The number of nitrogens with zero attached hydrogens (tertiary/aromatic N) is 4. The van der Waals surface area contributed by atoms with Gasteiger partial charge in [-0.15, -0.1) is 5.10 Å². The van der Waals surface area contributed by atoms with Crippen LogP contribution in [0.5, 0.6) is 0 Å². The largest absolute Gasteiger partial charge is 1.00 e. The third kappa shape index (κ3) is 2.24. The van der Waals surface area contributed by atoms with Crippen molar-refractivity contribution in [1.82, 2.24) is 15.0 Å². The van der Waals surface area contributed by atoms with Crippen molar-refractivity contribution >= 4 is 0 Å². The Labute approximate surface area is 93.2 Å². The summed E-state index contributed by atoms with van der Waals surface area (Å²) >= 11 is 0. The van der Waals surface area contributed by atoms with Crippen molar-refractivity contribution in [2.24, 2.45) is 7.05 Å². The molecule has 0 aliphatic carbocycles. The van der Waals surface area contributed by atoms with Crippen LogP contribution in [0.25, 0.3) is 5.69 Å². The second-order valence-electron chi connectivity index (χ2n) is 2.57. The van der Waals surface area contributed by atoms with Crippen molar-refractivity contribution in [3.05, 3.63) is 36.9 Å². The van der Waals surface area contributed by atoms with Gasteiger partial charge in [0, 0.05) is 12.1 Å². The number of hydrogen-bond donors (Lipinski definition) is 0. The number of pyridine rings is 1. The molecule has 0 N–H and O–H groups in total. The van der Waals surface area contributed by atoms with Crippen LogP contribution in [0.3, 0.4) is 0 Å². The topological polar surface area (TPSA) is 34.6 Å². The van der Waals surface area contributed by atoms with E-state index in [-0.39, 0.29) is 24.0 Å². The Hall–Kier alpha value is -0.980. The molecule has 0 saturated heterocycles. The third-order valence-corrected chi connectivity index (χ3v) is 1.65. The summed E-state index contributed by atoms with van der Waals surface area (Å²) in [5.41, 5.74) is 1.02. The Morgan fingerprint density at radius 1 is 1.31 bits per heavy atom. The molecule has 0 aliphatic rings. The van der Waals surface area contributed by atoms with Gasteiger partial charge in [0.2, 0.25) is 0 Å². The van der Waals surface area contributed by atoms with Gasteiger partial charge >= 0.3 is 0 Å². The van der Waals surface area contributed by atoms with Gasteiger partial charge in [-0.05, 0) is 0 Å². The van der Waals surface area contributed by atoms with E-state index in [0.29, 0.717) is 0 Å². The Balaban J connectivity index is 0.000000845. The molecule has 0 amide bonds. The standard InChI is InChI=1S/C8H9N4.HI/c1-11-5-2-8(3-6-11)12-7-4-9-10-12;/h2-7H,1H3;1H/q+1;/p-1. The zero-order valence-corrected chi connectivity index (χ0v) is 9.29. The fourth-order valence-electron chi connectivity index (χ4n) is 0.992. The number of aryl methyl sites for hydroxylation is 1. The minimum absolute atomic E-state index is 0. The Morgan fingerprint density at radius 3 is 2.54 bits per heavy atom. The first-order chi connectivity index (χ1) is 5.86. The Kier molecular flexibility index (Phi) is 3.35. The van der Waals surface area contributed by atoms with Crippen LogP contribution in [0, 0.1) is 0 Å². The fourth-order valence-corrected chi connectivity index (χ4v) is 0.992. The van der Waals surface area contributed by atoms with Gasteiger partial charge in [-0.25, -0.2) is 9.25 Å². The minimum Gasteiger partial charge on any atom is -1.00 e. The molecule has 0 bridgehead atoms. The first kappa shape index (κ1) is 10.1. The molecule has 2 rings (SSSR count). The van der Waals surface area contributed by atoms with Crippen LogP contribution in [-0.2, 0) is 7.05 Å². The van der Waals surface area contributed by atoms with E-state index in [0.717, 1.165) is 5.69 Å². The lowest BCUT2D eigenvalue weighted by atomic mass is 10.4. The van der Waals surface area contributed by atoms with Crippen molar-refractivity contribution < 1.29 is 28.5 Å². The van der Waals surface area contributed by atoms with Gasteiger partial charge in [0.1, 0.15) is 7.05 Å². The van der Waals surface area contributed by atoms with E-state index in [1.807, 2.05) is 42.3 Å². The average molecular weight is 288 g/mol. The van der Waals surface area contributed by atoms with Gasteiger partial charge in [0.25, 0.3) is 0 Å². The van der Waals surface area contributed by atoms with Crippen LogP contribution < -0.4 is 28.5 Å². The minimum atomic E-state index is 0. The van der Waals surface area contributed by atoms with E-state index in [1.54, 1.807) is 10.9 Å². The van der Waals surface area contributed by atoms with E-state index < -0.39 is 0 Å². The number of rotatable bonds is 1. The van der Waals surface area contributed by atoms with E-state index >= 15 is 0 Å². The number of aromatic nitrogens is 4. The molecule has 4 nitrogen and oxygen atoms in total. The van der Waals surface area contributed by atoms with Crippen LogP contribution >= 0.6 is 0 Å². The van der Waals surface area contributed by atoms with Gasteiger partial charge in [-0.3, -0.25) is 0 Å². The first-order valence-electron chi connectivity index (χ1n) is 3.68. The number of halogens is 1. The first-order valence-corrected chi connectivity index (χ1v) is 3.68. The molecule has 68 valence electrons. The summed E-state index contributed by atoms with van der Waals surface area (Å²) in [5, 5.41) is 7.60. The third-order valence-electron chi connectivity index (χ3n) is 1.65. The summed E-state index contributed by atoms with van der Waals surface area (Å²) in [7, 11) is 1.98. The van der Waals surface area contributed by atoms with Crippen LogP contribution in [0.15, 0.2) is 36.9 Å². The lowest BCUT2D eigenvalue weighted by molar-refractivity contribution is -0.671. The molecule has 5 heteroatoms. The molecule has 0 aromatic carbocycles. The predicted molar refractivity (Wildman–Crippen MR) is 42.5 cm³/mol. The monoisotopic (exact) mass is 288 g/mol. The van der Waals surface area contributed by atoms with E-state index in [9.17, 15) is 0 Å². The highest BCUT2D eigenvalue weighted by atomic mass is 127. The molecule has 2 heterocycles. The SMILES string of the molecule is C[n+]1ccc(-n2ccnn2)cc1.[I-]. The maximum Gasteiger partial charge on any atom is 0.170 e. The quantitative estimate of drug-likeness (QED) is 0.417. The van der Waals surface area contributed by atoms with Crippen molar-refractivity contribution in [1.29, 1.82) is 0 Å². The lowest BCUT2D eigenvalue weighted by Gasteiger charge is -1.95. The highest BCUT2D eigenvalue weighted by Crippen LogP contribution is 1.99. The molecule has 0 radical (unpaired) electrons. The van der Waals surface area contributed by atoms with Crippen molar-refractivity contribution in [3.8, 4) is 5.69 Å². The highest BCUT2D eigenvalue weighted by molar-refractivity contribution is 5.24. The summed E-state index contributed by atoms with van der Waals surface area (Å²) in [4.78, 5) is 0. The van der Waals surface area contributed by atoms with Crippen molar-refractivity contribution in [3.63, 3.8) is 0 Å². The predicted octanol–water partition coefficient (Wildman–Crippen LogP) is -2.90. The van der Waals surface area contributed by atoms with E-state index in [1.165, 1.54) is 0 Å². The summed E-state index contributed by atoms with van der Waals surface area (Å²) in [6, 6.07) is 3.96. The molecule has 0 atom stereocenters. The van der Waals surface area contributed by atoms with Gasteiger partial charge in [-0.2, -0.15) is 0 Å². The fraction of sp³-hybridized carbons (Fsp3) is 0.125. The van der Waals surface area contributed by atoms with Gasteiger partial charge in [0.15, 0.2) is 12.4 Å². The molecular formula is C8H9IN4. The van der Waals surface area contributed by atoms with Crippen LogP contribution in [-0.4, -0.2) is 15.0 Å². The Morgan fingerprint density at radius 2 is 2.00 bits per heavy atom. The van der Waals surface area contributed by atoms with Crippen LogP contribution in [0.2, 0.25) is 0 Å². The second-order valence-corrected chi connectivity index (χ2v) is 2.57. The molecule has 0 aliphatic heterocycles. The molecule has 13 heavy (non-hydrogen) atoms. The second kappa shape index (κ2) is 4.31. The lowest BCUT2D eigenvalue weighted by Crippen LogP contribution is -3.00. The summed E-state index contributed by atoms with van der Waals surface area (Å²) in [5.74, 6) is 0.